The van der Waals surface area contributed by atoms with E-state index in [2.05, 4.69) is 287 Å². The third-order valence-corrected chi connectivity index (χ3v) is 16.3. The molecule has 0 unspecified atom stereocenters. The maximum Gasteiger partial charge on any atom is 0.0726 e. The van der Waals surface area contributed by atoms with Crippen molar-refractivity contribution >= 4 is 71.4 Å². The van der Waals surface area contributed by atoms with Crippen LogP contribution in [-0.4, -0.2) is 9.13 Å². The molecule has 2 heterocycles. The van der Waals surface area contributed by atoms with Crippen molar-refractivity contribution in [3.05, 3.63) is 295 Å². The van der Waals surface area contributed by atoms with Crippen LogP contribution in [0, 0.1) is 0 Å². The average Bonchev–Trinajstić information content (AvgIpc) is 4.19. The van der Waals surface area contributed by atoms with Crippen molar-refractivity contribution in [3.63, 3.8) is 0 Å². The molecular formula is C71H45N3. The highest BCUT2D eigenvalue weighted by atomic mass is 15.1. The fourth-order valence-electron chi connectivity index (χ4n) is 13.2. The molecule has 16 rings (SSSR count). The minimum atomic E-state index is -0.493. The van der Waals surface area contributed by atoms with Gasteiger partial charge in [-0.15, -0.1) is 0 Å². The first-order valence-electron chi connectivity index (χ1n) is 25.7. The van der Waals surface area contributed by atoms with Crippen LogP contribution in [0.1, 0.15) is 22.3 Å². The molecule has 74 heavy (non-hydrogen) atoms. The zero-order valence-electron chi connectivity index (χ0n) is 40.3. The summed E-state index contributed by atoms with van der Waals surface area (Å²) in [6.45, 7) is 0. The van der Waals surface area contributed by atoms with Crippen LogP contribution >= 0.6 is 0 Å². The normalized spacial score (nSPS) is 13.0. The fraction of sp³-hybridized carbons (Fsp3) is 0.0141. The number of hydrogen-bond acceptors (Lipinski definition) is 1. The van der Waals surface area contributed by atoms with Gasteiger partial charge in [0.1, 0.15) is 0 Å². The van der Waals surface area contributed by atoms with E-state index >= 15 is 0 Å². The summed E-state index contributed by atoms with van der Waals surface area (Å²) in [7, 11) is 0. The SMILES string of the molecule is c1ccc(-n2c3ccccc3c3ccc(-c4cc(N(c5ccc6c(c5)C5(c7ccccc7-c7ccccc75)c5ccccc5-6)c5ccc6ccccc6c5)cc(-n5c6ccccc6c6ccccc65)c4)cc32)cc1. The van der Waals surface area contributed by atoms with Gasteiger partial charge in [0.2, 0.25) is 0 Å². The van der Waals surface area contributed by atoms with Gasteiger partial charge in [0.25, 0.3) is 0 Å². The molecule has 0 saturated carbocycles. The van der Waals surface area contributed by atoms with E-state index in [0.717, 1.165) is 39.6 Å². The van der Waals surface area contributed by atoms with Crippen LogP contribution in [0.25, 0.3) is 99.1 Å². The number of hydrogen-bond donors (Lipinski definition) is 0. The van der Waals surface area contributed by atoms with Crippen molar-refractivity contribution in [2.45, 2.75) is 5.41 Å². The van der Waals surface area contributed by atoms with Gasteiger partial charge in [0.05, 0.1) is 27.5 Å². The molecule has 0 bridgehead atoms. The van der Waals surface area contributed by atoms with Gasteiger partial charge in [0.15, 0.2) is 0 Å². The van der Waals surface area contributed by atoms with Crippen LogP contribution in [0.15, 0.2) is 273 Å². The number of fused-ring (bicyclic) bond motifs is 17. The van der Waals surface area contributed by atoms with E-state index in [1.165, 1.54) is 98.9 Å². The monoisotopic (exact) mass is 939 g/mol. The van der Waals surface area contributed by atoms with Gasteiger partial charge >= 0.3 is 0 Å². The zero-order chi connectivity index (χ0) is 48.5. The summed E-state index contributed by atoms with van der Waals surface area (Å²) in [6.07, 6.45) is 0. The Balaban J connectivity index is 0.995. The second-order valence-corrected chi connectivity index (χ2v) is 20.0. The van der Waals surface area contributed by atoms with Crippen LogP contribution in [0.2, 0.25) is 0 Å². The summed E-state index contributed by atoms with van der Waals surface area (Å²) in [5, 5.41) is 7.33. The Morgan fingerprint density at radius 1 is 0.257 bits per heavy atom. The Morgan fingerprint density at radius 2 is 0.743 bits per heavy atom. The largest absolute Gasteiger partial charge is 0.310 e. The highest BCUT2D eigenvalue weighted by molar-refractivity contribution is 6.11. The number of benzene rings is 12. The molecule has 3 heteroatoms. The van der Waals surface area contributed by atoms with Crippen molar-refractivity contribution in [3.8, 4) is 44.8 Å². The summed E-state index contributed by atoms with van der Waals surface area (Å²) in [5.74, 6) is 0. The van der Waals surface area contributed by atoms with E-state index in [0.29, 0.717) is 0 Å². The molecule has 12 aromatic carbocycles. The zero-order valence-corrected chi connectivity index (χ0v) is 40.3. The molecule has 14 aromatic rings. The summed E-state index contributed by atoms with van der Waals surface area (Å²) in [4.78, 5) is 2.51. The van der Waals surface area contributed by atoms with Gasteiger partial charge in [-0.1, -0.05) is 194 Å². The maximum absolute atomic E-state index is 2.51. The number of aromatic nitrogens is 2. The number of nitrogens with zero attached hydrogens (tertiary/aromatic N) is 3. The molecule has 2 aliphatic carbocycles. The summed E-state index contributed by atoms with van der Waals surface area (Å²) >= 11 is 0. The molecule has 1 spiro atoms. The van der Waals surface area contributed by atoms with E-state index in [9.17, 15) is 0 Å². The number of para-hydroxylation sites is 4. The van der Waals surface area contributed by atoms with Crippen LogP contribution in [-0.2, 0) is 5.41 Å². The predicted octanol–water partition coefficient (Wildman–Crippen LogP) is 18.5. The molecule has 2 aliphatic rings. The van der Waals surface area contributed by atoms with Crippen molar-refractivity contribution < 1.29 is 0 Å². The summed E-state index contributed by atoms with van der Waals surface area (Å²) in [6, 6.07) is 102. The Morgan fingerprint density at radius 3 is 1.38 bits per heavy atom. The molecule has 0 amide bonds. The van der Waals surface area contributed by atoms with Gasteiger partial charge in [-0.2, -0.15) is 0 Å². The molecule has 0 saturated heterocycles. The Hall–Kier alpha value is -9.70. The van der Waals surface area contributed by atoms with Crippen molar-refractivity contribution in [1.82, 2.24) is 9.13 Å². The van der Waals surface area contributed by atoms with E-state index in [-0.39, 0.29) is 0 Å². The molecule has 0 fully saturated rings. The Labute approximate surface area is 428 Å². The number of anilines is 3. The van der Waals surface area contributed by atoms with E-state index in [4.69, 9.17) is 0 Å². The van der Waals surface area contributed by atoms with Gasteiger partial charge in [-0.3, -0.25) is 0 Å². The molecule has 0 aliphatic heterocycles. The van der Waals surface area contributed by atoms with Gasteiger partial charge in [0, 0.05) is 50.0 Å². The molecule has 0 N–H and O–H groups in total. The minimum absolute atomic E-state index is 0.493. The predicted molar refractivity (Wildman–Crippen MR) is 309 cm³/mol. The Kier molecular flexibility index (Phi) is 8.66. The van der Waals surface area contributed by atoms with Crippen LogP contribution < -0.4 is 4.90 Å². The standard InChI is InChI=1S/C71H45N3/c1-2-20-50(21-3-1)73-67-31-15-11-27-61(67)62-38-35-48(43-70(62)73)49-41-53(44-54(42-49)74-68-32-16-9-25-59(68)60-26-10-17-33-69(60)74)72(51-36-34-46-18-4-5-19-47(46)40-51)52-37-39-58-57-24-8-14-30-65(57)71(66(58)45-52)63-28-12-6-22-55(63)56-23-7-13-29-64(56)71/h1-45H. The topological polar surface area (TPSA) is 13.1 Å². The van der Waals surface area contributed by atoms with E-state index < -0.39 is 5.41 Å². The molecular weight excluding hydrogens is 895 g/mol. The van der Waals surface area contributed by atoms with Crippen LogP contribution in [0.4, 0.5) is 17.1 Å². The average molecular weight is 940 g/mol. The lowest BCUT2D eigenvalue weighted by molar-refractivity contribution is 0.793. The van der Waals surface area contributed by atoms with E-state index in [1.807, 2.05) is 0 Å². The van der Waals surface area contributed by atoms with Gasteiger partial charge in [-0.05, 0) is 145 Å². The van der Waals surface area contributed by atoms with Crippen molar-refractivity contribution in [1.29, 1.82) is 0 Å². The smallest absolute Gasteiger partial charge is 0.0726 e. The molecule has 3 nitrogen and oxygen atoms in total. The first-order valence-corrected chi connectivity index (χ1v) is 25.7. The summed E-state index contributed by atoms with van der Waals surface area (Å²) < 4.78 is 4.89. The fourth-order valence-corrected chi connectivity index (χ4v) is 13.2. The molecule has 2 aromatic heterocycles. The quantitative estimate of drug-likeness (QED) is 0.162. The second-order valence-electron chi connectivity index (χ2n) is 20.0. The van der Waals surface area contributed by atoms with Crippen LogP contribution in [0.5, 0.6) is 0 Å². The molecule has 0 atom stereocenters. The third kappa shape index (κ3) is 5.72. The Bertz CT molecular complexity index is 4510. The maximum atomic E-state index is 2.51. The third-order valence-electron chi connectivity index (χ3n) is 16.3. The lowest BCUT2D eigenvalue weighted by atomic mass is 9.70. The highest BCUT2D eigenvalue weighted by Gasteiger charge is 2.51. The van der Waals surface area contributed by atoms with Crippen molar-refractivity contribution in [2.24, 2.45) is 0 Å². The lowest BCUT2D eigenvalue weighted by Gasteiger charge is -2.32. The first kappa shape index (κ1) is 41.0. The second kappa shape index (κ2) is 15.6. The first-order chi connectivity index (χ1) is 36.7. The van der Waals surface area contributed by atoms with Crippen molar-refractivity contribution in [2.75, 3.05) is 4.90 Å². The molecule has 0 radical (unpaired) electrons. The van der Waals surface area contributed by atoms with Gasteiger partial charge < -0.3 is 14.0 Å². The highest BCUT2D eigenvalue weighted by Crippen LogP contribution is 2.63. The van der Waals surface area contributed by atoms with Gasteiger partial charge in [-0.25, -0.2) is 0 Å². The minimum Gasteiger partial charge on any atom is -0.310 e. The summed E-state index contributed by atoms with van der Waals surface area (Å²) in [5.41, 5.74) is 22.4. The number of rotatable bonds is 6. The lowest BCUT2D eigenvalue weighted by Crippen LogP contribution is -2.26. The van der Waals surface area contributed by atoms with Crippen LogP contribution in [0.3, 0.4) is 0 Å². The molecule has 344 valence electrons. The van der Waals surface area contributed by atoms with E-state index in [1.54, 1.807) is 0 Å².